The monoisotopic (exact) mass is 264 g/mol. The number of aliphatic hydroxyl groups is 1. The summed E-state index contributed by atoms with van der Waals surface area (Å²) >= 11 is 0. The van der Waals surface area contributed by atoms with Crippen molar-refractivity contribution in [2.45, 2.75) is 32.7 Å². The molecule has 0 saturated heterocycles. The summed E-state index contributed by atoms with van der Waals surface area (Å²) in [6, 6.07) is 8.76. The largest absolute Gasteiger partial charge is 0.395 e. The molecule has 3 N–H and O–H groups in total. The van der Waals surface area contributed by atoms with Crippen LogP contribution in [-0.2, 0) is 12.8 Å². The van der Waals surface area contributed by atoms with Crippen LogP contribution in [0.15, 0.2) is 24.3 Å². The number of hydrogen-bond acceptors (Lipinski definition) is 3. The van der Waals surface area contributed by atoms with Gasteiger partial charge in [-0.2, -0.15) is 0 Å². The van der Waals surface area contributed by atoms with E-state index in [1.807, 2.05) is 7.05 Å². The van der Waals surface area contributed by atoms with Gasteiger partial charge in [0.1, 0.15) is 0 Å². The molecule has 1 rings (SSSR count). The van der Waals surface area contributed by atoms with Gasteiger partial charge in [0.2, 0.25) is 0 Å². The van der Waals surface area contributed by atoms with Gasteiger partial charge in [0.15, 0.2) is 0 Å². The van der Waals surface area contributed by atoms with Crippen LogP contribution in [0.5, 0.6) is 0 Å². The van der Waals surface area contributed by atoms with Gasteiger partial charge in [-0.25, -0.2) is 0 Å². The fourth-order valence-corrected chi connectivity index (χ4v) is 2.18. The first-order chi connectivity index (χ1) is 9.01. The Morgan fingerprint density at radius 2 is 1.74 bits per heavy atom. The molecule has 0 aliphatic carbocycles. The van der Waals surface area contributed by atoms with E-state index in [9.17, 15) is 0 Å². The summed E-state index contributed by atoms with van der Waals surface area (Å²) in [4.78, 5) is 2.17. The highest BCUT2D eigenvalue weighted by Crippen LogP contribution is 2.10. The Hall–Kier alpha value is -0.900. The minimum atomic E-state index is -0.140. The molecule has 0 aliphatic rings. The van der Waals surface area contributed by atoms with Crippen molar-refractivity contribution in [3.63, 3.8) is 0 Å². The standard InChI is InChI=1S/C16H28N2O/c1-13(2)10-15-6-4-14(5-7-15)8-9-18(3)11-16(17)12-19/h4-7,13,16,19H,8-12,17H2,1-3H3. The lowest BCUT2D eigenvalue weighted by molar-refractivity contribution is 0.223. The molecule has 1 unspecified atom stereocenters. The maximum absolute atomic E-state index is 8.92. The number of nitrogens with zero attached hydrogens (tertiary/aromatic N) is 1. The Labute approximate surface area is 117 Å². The van der Waals surface area contributed by atoms with Crippen molar-refractivity contribution >= 4 is 0 Å². The summed E-state index contributed by atoms with van der Waals surface area (Å²) in [5.41, 5.74) is 8.49. The predicted molar refractivity (Wildman–Crippen MR) is 81.2 cm³/mol. The normalized spacial score (nSPS) is 13.2. The number of likely N-dealkylation sites (N-methyl/N-ethyl adjacent to an activating group) is 1. The average Bonchev–Trinajstić information content (AvgIpc) is 2.37. The molecule has 19 heavy (non-hydrogen) atoms. The fraction of sp³-hybridized carbons (Fsp3) is 0.625. The summed E-state index contributed by atoms with van der Waals surface area (Å²) in [6.45, 7) is 6.24. The molecule has 0 spiro atoms. The van der Waals surface area contributed by atoms with Crippen LogP contribution in [0, 0.1) is 5.92 Å². The highest BCUT2D eigenvalue weighted by Gasteiger charge is 2.05. The zero-order valence-corrected chi connectivity index (χ0v) is 12.5. The van der Waals surface area contributed by atoms with Crippen LogP contribution in [-0.4, -0.2) is 42.8 Å². The van der Waals surface area contributed by atoms with Gasteiger partial charge in [-0.05, 0) is 36.9 Å². The summed E-state index contributed by atoms with van der Waals surface area (Å²) < 4.78 is 0. The molecule has 0 fully saturated rings. The first kappa shape index (κ1) is 16.2. The maximum Gasteiger partial charge on any atom is 0.0595 e. The van der Waals surface area contributed by atoms with Crippen LogP contribution >= 0.6 is 0 Å². The highest BCUT2D eigenvalue weighted by molar-refractivity contribution is 5.23. The molecular weight excluding hydrogens is 236 g/mol. The number of benzene rings is 1. The van der Waals surface area contributed by atoms with E-state index >= 15 is 0 Å². The molecule has 1 aromatic rings. The molecule has 0 heterocycles. The molecule has 0 bridgehead atoms. The van der Waals surface area contributed by atoms with Crippen molar-refractivity contribution in [3.8, 4) is 0 Å². The van der Waals surface area contributed by atoms with Gasteiger partial charge >= 0.3 is 0 Å². The van der Waals surface area contributed by atoms with E-state index in [1.165, 1.54) is 11.1 Å². The Morgan fingerprint density at radius 1 is 1.16 bits per heavy atom. The Bertz CT molecular complexity index is 348. The Balaban J connectivity index is 2.37. The van der Waals surface area contributed by atoms with Gasteiger partial charge in [0, 0.05) is 19.1 Å². The zero-order valence-electron chi connectivity index (χ0n) is 12.5. The second kappa shape index (κ2) is 8.31. The van der Waals surface area contributed by atoms with E-state index in [2.05, 4.69) is 43.0 Å². The highest BCUT2D eigenvalue weighted by atomic mass is 16.3. The SMILES string of the molecule is CC(C)Cc1ccc(CCN(C)CC(N)CO)cc1. The van der Waals surface area contributed by atoms with E-state index < -0.39 is 0 Å². The molecule has 0 aromatic heterocycles. The maximum atomic E-state index is 8.92. The topological polar surface area (TPSA) is 49.5 Å². The van der Waals surface area contributed by atoms with Gasteiger partial charge in [0.05, 0.1) is 6.61 Å². The van der Waals surface area contributed by atoms with Crippen LogP contribution in [0.3, 0.4) is 0 Å². The van der Waals surface area contributed by atoms with E-state index in [0.29, 0.717) is 5.92 Å². The smallest absolute Gasteiger partial charge is 0.0595 e. The van der Waals surface area contributed by atoms with E-state index in [-0.39, 0.29) is 12.6 Å². The lowest BCUT2D eigenvalue weighted by Crippen LogP contribution is -2.38. The second-order valence-corrected chi connectivity index (χ2v) is 5.87. The predicted octanol–water partition coefficient (Wildman–Crippen LogP) is 1.68. The van der Waals surface area contributed by atoms with Crippen LogP contribution in [0.25, 0.3) is 0 Å². The number of rotatable bonds is 8. The molecular formula is C16H28N2O. The average molecular weight is 264 g/mol. The molecule has 108 valence electrons. The van der Waals surface area contributed by atoms with Crippen LogP contribution in [0.2, 0.25) is 0 Å². The third-order valence-corrected chi connectivity index (χ3v) is 3.23. The second-order valence-electron chi connectivity index (χ2n) is 5.87. The lowest BCUT2D eigenvalue weighted by atomic mass is 10.0. The number of aliphatic hydroxyl groups excluding tert-OH is 1. The van der Waals surface area contributed by atoms with Crippen molar-refractivity contribution in [1.29, 1.82) is 0 Å². The summed E-state index contributed by atoms with van der Waals surface area (Å²) in [5.74, 6) is 0.706. The fourth-order valence-electron chi connectivity index (χ4n) is 2.18. The summed E-state index contributed by atoms with van der Waals surface area (Å²) in [6.07, 6.45) is 2.17. The molecule has 0 amide bonds. The minimum Gasteiger partial charge on any atom is -0.395 e. The Morgan fingerprint density at radius 3 is 2.26 bits per heavy atom. The molecule has 0 saturated carbocycles. The van der Waals surface area contributed by atoms with Crippen molar-refractivity contribution in [1.82, 2.24) is 4.90 Å². The third-order valence-electron chi connectivity index (χ3n) is 3.23. The molecule has 3 nitrogen and oxygen atoms in total. The summed E-state index contributed by atoms with van der Waals surface area (Å²) in [7, 11) is 2.04. The Kier molecular flexibility index (Phi) is 7.06. The molecule has 0 radical (unpaired) electrons. The summed E-state index contributed by atoms with van der Waals surface area (Å²) in [5, 5.41) is 8.92. The first-order valence-corrected chi connectivity index (χ1v) is 7.14. The zero-order chi connectivity index (χ0) is 14.3. The third kappa shape index (κ3) is 6.71. The van der Waals surface area contributed by atoms with Gasteiger partial charge in [0.25, 0.3) is 0 Å². The lowest BCUT2D eigenvalue weighted by Gasteiger charge is -2.19. The molecule has 1 atom stereocenters. The van der Waals surface area contributed by atoms with Gasteiger partial charge in [-0.15, -0.1) is 0 Å². The van der Waals surface area contributed by atoms with Crippen molar-refractivity contribution in [2.75, 3.05) is 26.7 Å². The van der Waals surface area contributed by atoms with Crippen molar-refractivity contribution < 1.29 is 5.11 Å². The van der Waals surface area contributed by atoms with Crippen LogP contribution < -0.4 is 5.73 Å². The molecule has 0 aliphatic heterocycles. The molecule has 1 aromatic carbocycles. The van der Waals surface area contributed by atoms with Crippen LogP contribution in [0.4, 0.5) is 0 Å². The van der Waals surface area contributed by atoms with E-state index in [1.54, 1.807) is 0 Å². The van der Waals surface area contributed by atoms with Gasteiger partial charge in [-0.1, -0.05) is 38.1 Å². The minimum absolute atomic E-state index is 0.0498. The number of hydrogen-bond donors (Lipinski definition) is 2. The quantitative estimate of drug-likeness (QED) is 0.751. The molecule has 3 heteroatoms. The van der Waals surface area contributed by atoms with Gasteiger partial charge < -0.3 is 15.7 Å². The van der Waals surface area contributed by atoms with E-state index in [4.69, 9.17) is 10.8 Å². The van der Waals surface area contributed by atoms with Crippen LogP contribution in [0.1, 0.15) is 25.0 Å². The number of nitrogens with two attached hydrogens (primary N) is 1. The first-order valence-electron chi connectivity index (χ1n) is 7.14. The van der Waals surface area contributed by atoms with Gasteiger partial charge in [-0.3, -0.25) is 0 Å². The van der Waals surface area contributed by atoms with E-state index in [0.717, 1.165) is 25.9 Å². The van der Waals surface area contributed by atoms with Crippen molar-refractivity contribution in [3.05, 3.63) is 35.4 Å². The van der Waals surface area contributed by atoms with Crippen molar-refractivity contribution in [2.24, 2.45) is 11.7 Å².